The van der Waals surface area contributed by atoms with Gasteiger partial charge < -0.3 is 9.73 Å². The van der Waals surface area contributed by atoms with Gasteiger partial charge in [-0.2, -0.15) is 0 Å². The molecule has 0 bridgehead atoms. The number of hydrogen-bond donors (Lipinski definition) is 1. The molecule has 0 saturated heterocycles. The van der Waals surface area contributed by atoms with Gasteiger partial charge in [0.25, 0.3) is 0 Å². The molecule has 0 unspecified atom stereocenters. The van der Waals surface area contributed by atoms with Crippen molar-refractivity contribution in [3.05, 3.63) is 58.4 Å². The second-order valence-electron chi connectivity index (χ2n) is 6.98. The second kappa shape index (κ2) is 6.78. The minimum absolute atomic E-state index is 0.251. The van der Waals surface area contributed by atoms with E-state index in [9.17, 15) is 4.79 Å². The van der Waals surface area contributed by atoms with Crippen LogP contribution in [0.4, 0.5) is 0 Å². The van der Waals surface area contributed by atoms with Gasteiger partial charge in [0.05, 0.1) is 6.54 Å². The molecule has 0 atom stereocenters. The van der Waals surface area contributed by atoms with Crippen LogP contribution in [0.3, 0.4) is 0 Å². The summed E-state index contributed by atoms with van der Waals surface area (Å²) < 4.78 is 5.44. The van der Waals surface area contributed by atoms with Crippen LogP contribution in [0.1, 0.15) is 37.7 Å². The Morgan fingerprint density at radius 3 is 2.75 bits per heavy atom. The zero-order valence-corrected chi connectivity index (χ0v) is 14.0. The maximum Gasteiger partial charge on any atom is 0.336 e. The molecule has 0 radical (unpaired) electrons. The molecule has 124 valence electrons. The first kappa shape index (κ1) is 15.4. The van der Waals surface area contributed by atoms with Crippen molar-refractivity contribution in [2.75, 3.05) is 6.54 Å². The van der Waals surface area contributed by atoms with Crippen LogP contribution < -0.4 is 10.9 Å². The summed E-state index contributed by atoms with van der Waals surface area (Å²) in [5, 5.41) is 5.81. The molecular weight excluding hydrogens is 298 g/mol. The van der Waals surface area contributed by atoms with Crippen molar-refractivity contribution in [1.82, 2.24) is 0 Å². The summed E-state index contributed by atoms with van der Waals surface area (Å²) in [5.41, 5.74) is 1.54. The molecule has 1 heterocycles. The Bertz CT molecular complexity index is 906. The van der Waals surface area contributed by atoms with E-state index in [-0.39, 0.29) is 5.63 Å². The average molecular weight is 322 g/mol. The molecule has 2 N–H and O–H groups in total. The van der Waals surface area contributed by atoms with E-state index in [2.05, 4.69) is 17.4 Å². The standard InChI is InChI=1S/C21H23NO2/c23-20-12-17(14-22-13-15-6-2-1-3-7-15)21-18-9-5-4-8-16(18)10-11-19(21)24-20/h4-5,8-12,15,22H,1-3,6-7,13-14H2/p+1. The van der Waals surface area contributed by atoms with E-state index in [4.69, 9.17) is 4.42 Å². The Morgan fingerprint density at radius 2 is 1.88 bits per heavy atom. The first-order valence-corrected chi connectivity index (χ1v) is 9.07. The first-order chi connectivity index (χ1) is 11.8. The van der Waals surface area contributed by atoms with E-state index in [1.165, 1.54) is 42.9 Å². The fraction of sp³-hybridized carbons (Fsp3) is 0.381. The summed E-state index contributed by atoms with van der Waals surface area (Å²) in [6, 6.07) is 13.9. The molecule has 0 spiro atoms. The number of quaternary nitrogens is 1. The lowest BCUT2D eigenvalue weighted by Gasteiger charge is -2.20. The highest BCUT2D eigenvalue weighted by Crippen LogP contribution is 2.27. The topological polar surface area (TPSA) is 46.8 Å². The van der Waals surface area contributed by atoms with E-state index >= 15 is 0 Å². The van der Waals surface area contributed by atoms with Crippen molar-refractivity contribution >= 4 is 21.7 Å². The molecule has 1 saturated carbocycles. The third kappa shape index (κ3) is 3.09. The van der Waals surface area contributed by atoms with E-state index in [1.807, 2.05) is 24.3 Å². The number of hydrogen-bond acceptors (Lipinski definition) is 2. The third-order valence-electron chi connectivity index (χ3n) is 5.30. The van der Waals surface area contributed by atoms with Crippen LogP contribution in [-0.2, 0) is 6.54 Å². The van der Waals surface area contributed by atoms with Crippen LogP contribution in [0.15, 0.2) is 51.7 Å². The van der Waals surface area contributed by atoms with Gasteiger partial charge in [0.2, 0.25) is 0 Å². The van der Waals surface area contributed by atoms with E-state index in [0.717, 1.165) is 30.0 Å². The summed E-state index contributed by atoms with van der Waals surface area (Å²) in [5.74, 6) is 0.835. The summed E-state index contributed by atoms with van der Waals surface area (Å²) in [4.78, 5) is 11.9. The van der Waals surface area contributed by atoms with Crippen LogP contribution in [-0.4, -0.2) is 6.54 Å². The predicted octanol–water partition coefficient (Wildman–Crippen LogP) is 3.59. The summed E-state index contributed by atoms with van der Waals surface area (Å²) in [6.07, 6.45) is 6.86. The maximum atomic E-state index is 11.9. The Hall–Kier alpha value is -2.13. The van der Waals surface area contributed by atoms with Crippen LogP contribution in [0, 0.1) is 5.92 Å². The smallest absolute Gasteiger partial charge is 0.336 e. The highest BCUT2D eigenvalue weighted by molar-refractivity contribution is 6.06. The van der Waals surface area contributed by atoms with Crippen molar-refractivity contribution < 1.29 is 9.73 Å². The molecule has 4 rings (SSSR count). The second-order valence-corrected chi connectivity index (χ2v) is 6.98. The molecule has 0 aliphatic heterocycles. The van der Waals surface area contributed by atoms with Gasteiger partial charge in [0.1, 0.15) is 12.1 Å². The number of fused-ring (bicyclic) bond motifs is 3. The monoisotopic (exact) mass is 322 g/mol. The highest BCUT2D eigenvalue weighted by atomic mass is 16.4. The van der Waals surface area contributed by atoms with Crippen LogP contribution in [0.2, 0.25) is 0 Å². The van der Waals surface area contributed by atoms with Crippen LogP contribution >= 0.6 is 0 Å². The quantitative estimate of drug-likeness (QED) is 0.589. The molecule has 1 aliphatic rings. The number of nitrogens with two attached hydrogens (primary N) is 1. The lowest BCUT2D eigenvalue weighted by atomic mass is 9.89. The minimum Gasteiger partial charge on any atom is -0.423 e. The van der Waals surface area contributed by atoms with Crippen LogP contribution in [0.5, 0.6) is 0 Å². The average Bonchev–Trinajstić information content (AvgIpc) is 2.62. The van der Waals surface area contributed by atoms with Crippen LogP contribution in [0.25, 0.3) is 21.7 Å². The molecule has 24 heavy (non-hydrogen) atoms. The predicted molar refractivity (Wildman–Crippen MR) is 97.1 cm³/mol. The zero-order valence-electron chi connectivity index (χ0n) is 14.0. The molecule has 0 amide bonds. The summed E-state index contributed by atoms with van der Waals surface area (Å²) in [6.45, 7) is 2.00. The van der Waals surface area contributed by atoms with Crippen molar-refractivity contribution in [1.29, 1.82) is 0 Å². The van der Waals surface area contributed by atoms with Gasteiger partial charge in [0.15, 0.2) is 0 Å². The molecule has 1 fully saturated rings. The summed E-state index contributed by atoms with van der Waals surface area (Å²) >= 11 is 0. The number of benzene rings is 2. The molecule has 3 aromatic rings. The van der Waals surface area contributed by atoms with E-state index < -0.39 is 0 Å². The maximum absolute atomic E-state index is 11.9. The zero-order chi connectivity index (χ0) is 16.4. The van der Waals surface area contributed by atoms with Gasteiger partial charge in [-0.25, -0.2) is 4.79 Å². The Morgan fingerprint density at radius 1 is 1.04 bits per heavy atom. The van der Waals surface area contributed by atoms with Gasteiger partial charge >= 0.3 is 5.63 Å². The minimum atomic E-state index is -0.251. The normalized spacial score (nSPS) is 16.0. The molecule has 3 nitrogen and oxygen atoms in total. The highest BCUT2D eigenvalue weighted by Gasteiger charge is 2.16. The van der Waals surface area contributed by atoms with Crippen molar-refractivity contribution in [3.63, 3.8) is 0 Å². The fourth-order valence-corrected chi connectivity index (χ4v) is 4.08. The van der Waals surface area contributed by atoms with Gasteiger partial charge in [-0.1, -0.05) is 49.6 Å². The van der Waals surface area contributed by atoms with Gasteiger partial charge in [-0.05, 0) is 29.7 Å². The molecule has 2 aromatic carbocycles. The third-order valence-corrected chi connectivity index (χ3v) is 5.30. The van der Waals surface area contributed by atoms with Crippen molar-refractivity contribution in [3.8, 4) is 0 Å². The Kier molecular flexibility index (Phi) is 4.35. The SMILES string of the molecule is O=c1cc(C[NH2+]CC2CCCCC2)c2c(ccc3ccccc32)o1. The molecule has 3 heteroatoms. The largest absolute Gasteiger partial charge is 0.423 e. The molecule has 1 aromatic heterocycles. The molecule has 1 aliphatic carbocycles. The fourth-order valence-electron chi connectivity index (χ4n) is 4.08. The van der Waals surface area contributed by atoms with Gasteiger partial charge in [-0.3, -0.25) is 0 Å². The number of rotatable bonds is 4. The van der Waals surface area contributed by atoms with Crippen molar-refractivity contribution in [2.45, 2.75) is 38.6 Å². The van der Waals surface area contributed by atoms with E-state index in [1.54, 1.807) is 6.07 Å². The van der Waals surface area contributed by atoms with Gasteiger partial charge in [0, 0.05) is 22.9 Å². The Labute approximate surface area is 141 Å². The van der Waals surface area contributed by atoms with E-state index in [0.29, 0.717) is 5.58 Å². The van der Waals surface area contributed by atoms with Crippen molar-refractivity contribution in [2.24, 2.45) is 5.92 Å². The first-order valence-electron chi connectivity index (χ1n) is 9.07. The lowest BCUT2D eigenvalue weighted by molar-refractivity contribution is -0.676. The van der Waals surface area contributed by atoms with Gasteiger partial charge in [-0.15, -0.1) is 0 Å². The molecular formula is C21H24NO2+. The Balaban J connectivity index is 1.65. The lowest BCUT2D eigenvalue weighted by Crippen LogP contribution is -2.84. The summed E-state index contributed by atoms with van der Waals surface area (Å²) in [7, 11) is 0.